The van der Waals surface area contributed by atoms with Gasteiger partial charge in [-0.3, -0.25) is 9.59 Å². The van der Waals surface area contributed by atoms with E-state index in [1.165, 1.54) is 22.7 Å². The van der Waals surface area contributed by atoms with Crippen LogP contribution in [0.25, 0.3) is 11.1 Å². The smallest absolute Gasteiger partial charge is 0.245 e. The van der Waals surface area contributed by atoms with Gasteiger partial charge in [0, 0.05) is 23.3 Å². The largest absolute Gasteiger partial charge is 0.487 e. The van der Waals surface area contributed by atoms with Gasteiger partial charge in [-0.25, -0.2) is 0 Å². The molecular weight excluding hydrogens is 272 g/mol. The van der Waals surface area contributed by atoms with Crippen molar-refractivity contribution in [3.05, 3.63) is 21.9 Å². The number of rotatable bonds is 2. The third kappa shape index (κ3) is 1.42. The molecule has 0 N–H and O–H groups in total. The van der Waals surface area contributed by atoms with Gasteiger partial charge in [-0.2, -0.15) is 0 Å². The Labute approximate surface area is 111 Å². The third-order valence-electron chi connectivity index (χ3n) is 2.73. The Bertz CT molecular complexity index is 607. The average Bonchev–Trinajstić information content (AvgIpc) is 2.99. The Morgan fingerprint density at radius 1 is 0.833 bits per heavy atom. The van der Waals surface area contributed by atoms with Crippen LogP contribution in [0.5, 0.6) is 10.1 Å². The normalized spacial score (nSPS) is 13.2. The van der Waals surface area contributed by atoms with Crippen LogP contribution in [0.1, 0.15) is 19.3 Å². The topological polar surface area (TPSA) is 52.6 Å². The van der Waals surface area contributed by atoms with E-state index in [-0.39, 0.29) is 0 Å². The van der Waals surface area contributed by atoms with Crippen molar-refractivity contribution >= 4 is 34.2 Å². The van der Waals surface area contributed by atoms with Crippen LogP contribution in [0.3, 0.4) is 0 Å². The Kier molecular flexibility index (Phi) is 2.49. The average molecular weight is 280 g/mol. The molecule has 1 aliphatic carbocycles. The molecule has 2 aromatic heterocycles. The second-order valence-corrected chi connectivity index (χ2v) is 5.71. The number of ketones is 2. The van der Waals surface area contributed by atoms with E-state index in [4.69, 9.17) is 9.47 Å². The van der Waals surface area contributed by atoms with Gasteiger partial charge < -0.3 is 9.47 Å². The fraction of sp³-hybridized carbons (Fsp3) is 0.167. The van der Waals surface area contributed by atoms with E-state index >= 15 is 0 Å². The second-order valence-electron chi connectivity index (χ2n) is 3.68. The first-order valence-electron chi connectivity index (χ1n) is 5.10. The Morgan fingerprint density at radius 2 is 1.22 bits per heavy atom. The van der Waals surface area contributed by atoms with Gasteiger partial charge in [-0.1, -0.05) is 22.7 Å². The first kappa shape index (κ1) is 11.4. The molecule has 4 nitrogen and oxygen atoms in total. The van der Waals surface area contributed by atoms with E-state index in [0.29, 0.717) is 19.9 Å². The molecule has 1 aliphatic rings. The maximum atomic E-state index is 12.0. The molecule has 3 rings (SSSR count). The molecule has 0 atom stereocenters. The number of fused-ring (bicyclic) bond motifs is 3. The first-order chi connectivity index (χ1) is 8.65. The molecule has 0 aliphatic heterocycles. The van der Waals surface area contributed by atoms with Crippen LogP contribution in [0.2, 0.25) is 0 Å². The lowest BCUT2D eigenvalue weighted by Gasteiger charge is -2.08. The predicted molar refractivity (Wildman–Crippen MR) is 69.4 cm³/mol. The molecule has 92 valence electrons. The van der Waals surface area contributed by atoms with Crippen molar-refractivity contribution in [2.45, 2.75) is 0 Å². The molecule has 0 fully saturated rings. The molecule has 6 heteroatoms. The van der Waals surface area contributed by atoms with Crippen LogP contribution in [-0.2, 0) is 0 Å². The molecule has 0 saturated carbocycles. The van der Waals surface area contributed by atoms with Crippen LogP contribution >= 0.6 is 22.7 Å². The van der Waals surface area contributed by atoms with Crippen molar-refractivity contribution in [1.29, 1.82) is 0 Å². The summed E-state index contributed by atoms with van der Waals surface area (Å²) in [6, 6.07) is 3.57. The van der Waals surface area contributed by atoms with Crippen molar-refractivity contribution in [2.75, 3.05) is 14.2 Å². The van der Waals surface area contributed by atoms with Crippen molar-refractivity contribution in [1.82, 2.24) is 0 Å². The molecule has 0 unspecified atom stereocenters. The zero-order valence-corrected chi connectivity index (χ0v) is 11.2. The summed E-state index contributed by atoms with van der Waals surface area (Å²) in [5, 5.41) is 1.25. The van der Waals surface area contributed by atoms with Gasteiger partial charge in [0.1, 0.15) is 0 Å². The van der Waals surface area contributed by atoms with E-state index in [2.05, 4.69) is 0 Å². The van der Waals surface area contributed by atoms with E-state index < -0.39 is 11.6 Å². The number of thiophene rings is 2. The maximum Gasteiger partial charge on any atom is 0.245 e. The van der Waals surface area contributed by atoms with Crippen LogP contribution in [0, 0.1) is 0 Å². The summed E-state index contributed by atoms with van der Waals surface area (Å²) in [6.07, 6.45) is 0. The number of carbonyl (C=O) groups excluding carboxylic acids is 2. The van der Waals surface area contributed by atoms with Gasteiger partial charge >= 0.3 is 0 Å². The van der Waals surface area contributed by atoms with Crippen molar-refractivity contribution in [2.24, 2.45) is 0 Å². The summed E-state index contributed by atoms with van der Waals surface area (Å²) >= 11 is 2.40. The van der Waals surface area contributed by atoms with Gasteiger partial charge in [0.05, 0.1) is 24.0 Å². The highest BCUT2D eigenvalue weighted by Crippen LogP contribution is 2.46. The minimum atomic E-state index is -0.463. The first-order valence-corrected chi connectivity index (χ1v) is 6.74. The van der Waals surface area contributed by atoms with E-state index in [1.807, 2.05) is 0 Å². The minimum absolute atomic E-state index is 0.449. The second kappa shape index (κ2) is 3.93. The summed E-state index contributed by atoms with van der Waals surface area (Å²) in [5.41, 5.74) is 1.52. The number of hydrogen-bond donors (Lipinski definition) is 0. The van der Waals surface area contributed by atoms with Gasteiger partial charge in [0.25, 0.3) is 0 Å². The van der Waals surface area contributed by atoms with E-state index in [9.17, 15) is 9.59 Å². The molecule has 0 saturated heterocycles. The molecule has 18 heavy (non-hydrogen) atoms. The van der Waals surface area contributed by atoms with Crippen molar-refractivity contribution in [3.8, 4) is 21.3 Å². The van der Waals surface area contributed by atoms with Crippen molar-refractivity contribution < 1.29 is 19.1 Å². The summed E-state index contributed by atoms with van der Waals surface area (Å²) in [5.74, 6) is -0.925. The molecule has 0 bridgehead atoms. The number of Topliss-reactive ketones (excluding diaryl/α,β-unsaturated/α-hetero) is 2. The molecule has 2 aromatic rings. The number of hydrogen-bond acceptors (Lipinski definition) is 6. The highest BCUT2D eigenvalue weighted by molar-refractivity contribution is 7.20. The highest BCUT2D eigenvalue weighted by atomic mass is 32.1. The van der Waals surface area contributed by atoms with Crippen LogP contribution in [0.4, 0.5) is 0 Å². The lowest BCUT2D eigenvalue weighted by Crippen LogP contribution is -2.17. The molecule has 2 heterocycles. The summed E-state index contributed by atoms with van der Waals surface area (Å²) in [7, 11) is 3.08. The SMILES string of the molecule is COc1cc2c(s1)C(=O)C(=O)c1sc(OC)cc1-2. The molecule has 0 aromatic carbocycles. The summed E-state index contributed by atoms with van der Waals surface area (Å²) in [6.45, 7) is 0. The van der Waals surface area contributed by atoms with Crippen LogP contribution in [-0.4, -0.2) is 25.8 Å². The van der Waals surface area contributed by atoms with Crippen LogP contribution < -0.4 is 9.47 Å². The monoisotopic (exact) mass is 280 g/mol. The van der Waals surface area contributed by atoms with Gasteiger partial charge in [-0.05, 0) is 0 Å². The van der Waals surface area contributed by atoms with Crippen molar-refractivity contribution in [3.63, 3.8) is 0 Å². The number of methoxy groups -OCH3 is 2. The Balaban J connectivity index is 2.28. The minimum Gasteiger partial charge on any atom is -0.487 e. The van der Waals surface area contributed by atoms with E-state index in [0.717, 1.165) is 11.1 Å². The quantitative estimate of drug-likeness (QED) is 0.794. The fourth-order valence-corrected chi connectivity index (χ4v) is 3.73. The Morgan fingerprint density at radius 3 is 1.56 bits per heavy atom. The molecule has 0 spiro atoms. The maximum absolute atomic E-state index is 12.0. The third-order valence-corrected chi connectivity index (χ3v) is 4.92. The van der Waals surface area contributed by atoms with Gasteiger partial charge in [0.15, 0.2) is 10.1 Å². The molecule has 0 amide bonds. The summed E-state index contributed by atoms with van der Waals surface area (Å²) < 4.78 is 10.3. The highest BCUT2D eigenvalue weighted by Gasteiger charge is 2.35. The van der Waals surface area contributed by atoms with Crippen LogP contribution in [0.15, 0.2) is 12.1 Å². The number of ether oxygens (including phenoxy) is 2. The van der Waals surface area contributed by atoms with Gasteiger partial charge in [-0.15, -0.1) is 0 Å². The summed E-state index contributed by atoms with van der Waals surface area (Å²) in [4.78, 5) is 24.9. The standard InChI is InChI=1S/C12H8O4S2/c1-15-7-3-5-6-4-8(16-2)18-12(6)10(14)9(13)11(5)17-7/h3-4H,1-2H3. The van der Waals surface area contributed by atoms with E-state index in [1.54, 1.807) is 26.4 Å². The molecule has 0 radical (unpaired) electrons. The molecular formula is C12H8O4S2. The zero-order valence-electron chi connectivity index (χ0n) is 9.60. The Hall–Kier alpha value is -1.66. The lowest BCUT2D eigenvalue weighted by atomic mass is 9.96. The predicted octanol–water partition coefficient (Wildman–Crippen LogP) is 2.87. The fourth-order valence-electron chi connectivity index (χ4n) is 1.88. The number of carbonyl (C=O) groups is 2. The lowest BCUT2D eigenvalue weighted by molar-refractivity contribution is 0.0820. The zero-order chi connectivity index (χ0) is 12.9. The van der Waals surface area contributed by atoms with Gasteiger partial charge in [0.2, 0.25) is 11.6 Å².